The number of fused-ring (bicyclic) bond motifs is 5. The van der Waals surface area contributed by atoms with Crippen molar-refractivity contribution in [3.05, 3.63) is 28.2 Å². The van der Waals surface area contributed by atoms with Crippen molar-refractivity contribution in [2.24, 2.45) is 40.2 Å². The fourth-order valence-corrected chi connectivity index (χ4v) is 8.42. The van der Waals surface area contributed by atoms with Crippen LogP contribution in [0.3, 0.4) is 0 Å². The molecule has 0 bridgehead atoms. The molecular weight excluding hydrogens is 334 g/mol. The van der Waals surface area contributed by atoms with Gasteiger partial charge < -0.3 is 4.74 Å². The van der Waals surface area contributed by atoms with Crippen molar-refractivity contribution in [1.82, 2.24) is 0 Å². The summed E-state index contributed by atoms with van der Waals surface area (Å²) < 4.78 is 6.43. The highest BCUT2D eigenvalue weighted by molar-refractivity contribution is 5.32. The van der Waals surface area contributed by atoms with E-state index in [9.17, 15) is 4.91 Å². The molecule has 6 aliphatic rings. The maximum absolute atomic E-state index is 11.2. The molecule has 7 atom stereocenters. The Morgan fingerprint density at radius 1 is 1.11 bits per heavy atom. The van der Waals surface area contributed by atoms with Crippen molar-refractivity contribution in [3.63, 3.8) is 0 Å². The van der Waals surface area contributed by atoms with Crippen LogP contribution in [0, 0.1) is 39.9 Å². The first kappa shape index (κ1) is 16.9. The predicted octanol–water partition coefficient (Wildman–Crippen LogP) is 5.80. The Morgan fingerprint density at radius 3 is 2.74 bits per heavy atom. The summed E-state index contributed by atoms with van der Waals surface area (Å²) >= 11 is 0. The fourth-order valence-electron chi connectivity index (χ4n) is 8.42. The molecule has 0 aromatic carbocycles. The van der Waals surface area contributed by atoms with Crippen LogP contribution in [-0.4, -0.2) is 18.2 Å². The summed E-state index contributed by atoms with van der Waals surface area (Å²) in [5, 5.41) is 3.43. The third kappa shape index (κ3) is 2.24. The SMILES string of the molecule is C[C@]12CCC3C4=C(CC(N=O)CC4)CC(C4CC4)C3C1CC[C@@]21C=CCO1. The lowest BCUT2D eigenvalue weighted by molar-refractivity contribution is -0.110. The van der Waals surface area contributed by atoms with Gasteiger partial charge in [-0.05, 0) is 93.8 Å². The maximum Gasteiger partial charge on any atom is 0.0959 e. The minimum absolute atomic E-state index is 0.0322. The first-order chi connectivity index (χ1) is 13.2. The van der Waals surface area contributed by atoms with E-state index >= 15 is 0 Å². The molecule has 1 heterocycles. The molecule has 0 N–H and O–H groups in total. The molecule has 146 valence electrons. The van der Waals surface area contributed by atoms with Gasteiger partial charge in [0.25, 0.3) is 0 Å². The first-order valence-corrected chi connectivity index (χ1v) is 11.5. The number of ether oxygens (including phenoxy) is 1. The second-order valence-corrected chi connectivity index (χ2v) is 10.7. The van der Waals surface area contributed by atoms with Gasteiger partial charge in [0, 0.05) is 5.41 Å². The van der Waals surface area contributed by atoms with E-state index in [4.69, 9.17) is 4.74 Å². The Morgan fingerprint density at radius 2 is 2.00 bits per heavy atom. The van der Waals surface area contributed by atoms with Crippen molar-refractivity contribution in [3.8, 4) is 0 Å². The lowest BCUT2D eigenvalue weighted by Gasteiger charge is -2.56. The van der Waals surface area contributed by atoms with Crippen molar-refractivity contribution < 1.29 is 4.74 Å². The topological polar surface area (TPSA) is 38.7 Å². The number of hydrogen-bond acceptors (Lipinski definition) is 3. The van der Waals surface area contributed by atoms with Gasteiger partial charge in [-0.1, -0.05) is 35.4 Å². The summed E-state index contributed by atoms with van der Waals surface area (Å²) in [6, 6.07) is 0.0563. The molecule has 0 aromatic heterocycles. The summed E-state index contributed by atoms with van der Waals surface area (Å²) in [6.45, 7) is 3.38. The Kier molecular flexibility index (Phi) is 3.63. The van der Waals surface area contributed by atoms with Crippen LogP contribution in [0.15, 0.2) is 28.5 Å². The zero-order chi connectivity index (χ0) is 18.2. The molecule has 0 saturated heterocycles. The van der Waals surface area contributed by atoms with Crippen LogP contribution in [0.5, 0.6) is 0 Å². The molecule has 1 aliphatic heterocycles. The van der Waals surface area contributed by atoms with Crippen molar-refractivity contribution in [2.45, 2.75) is 82.8 Å². The third-order valence-electron chi connectivity index (χ3n) is 9.82. The lowest BCUT2D eigenvalue weighted by Crippen LogP contribution is -2.53. The zero-order valence-electron chi connectivity index (χ0n) is 16.7. The number of allylic oxidation sites excluding steroid dienone is 1. The second kappa shape index (κ2) is 5.78. The van der Waals surface area contributed by atoms with Crippen LogP contribution in [0.1, 0.15) is 71.1 Å². The Hall–Kier alpha value is -0.960. The zero-order valence-corrected chi connectivity index (χ0v) is 16.7. The number of hydrogen-bond donors (Lipinski definition) is 0. The second-order valence-electron chi connectivity index (χ2n) is 10.7. The van der Waals surface area contributed by atoms with Gasteiger partial charge in [0.05, 0.1) is 18.2 Å². The van der Waals surface area contributed by atoms with Crippen LogP contribution >= 0.6 is 0 Å². The maximum atomic E-state index is 11.2. The quantitative estimate of drug-likeness (QED) is 0.457. The summed E-state index contributed by atoms with van der Waals surface area (Å²) in [5.74, 6) is 4.30. The molecule has 3 heteroatoms. The van der Waals surface area contributed by atoms with E-state index in [0.717, 1.165) is 55.5 Å². The van der Waals surface area contributed by atoms with Crippen LogP contribution in [-0.2, 0) is 4.74 Å². The molecule has 3 nitrogen and oxygen atoms in total. The average Bonchev–Trinajstić information content (AvgIpc) is 3.35. The highest BCUT2D eigenvalue weighted by Gasteiger charge is 2.64. The lowest BCUT2D eigenvalue weighted by atomic mass is 9.49. The molecule has 27 heavy (non-hydrogen) atoms. The number of nitrogens with zero attached hydrogens (tertiary/aromatic N) is 1. The van der Waals surface area contributed by atoms with Gasteiger partial charge in [-0.15, -0.1) is 0 Å². The van der Waals surface area contributed by atoms with Gasteiger partial charge in [0.2, 0.25) is 0 Å². The summed E-state index contributed by atoms with van der Waals surface area (Å²) in [7, 11) is 0. The van der Waals surface area contributed by atoms with Crippen molar-refractivity contribution >= 4 is 0 Å². The molecule has 5 unspecified atom stereocenters. The van der Waals surface area contributed by atoms with E-state index < -0.39 is 0 Å². The molecule has 1 spiro atoms. The average molecular weight is 368 g/mol. The highest BCUT2D eigenvalue weighted by Crippen LogP contribution is 2.69. The molecule has 3 saturated carbocycles. The number of nitroso groups, excluding NO2 is 1. The van der Waals surface area contributed by atoms with E-state index in [1.165, 1.54) is 44.9 Å². The molecule has 0 aromatic rings. The van der Waals surface area contributed by atoms with E-state index in [-0.39, 0.29) is 11.6 Å². The van der Waals surface area contributed by atoms with Gasteiger partial charge in [0.15, 0.2) is 0 Å². The van der Waals surface area contributed by atoms with Gasteiger partial charge >= 0.3 is 0 Å². The van der Waals surface area contributed by atoms with E-state index in [2.05, 4.69) is 24.3 Å². The molecule has 6 rings (SSSR count). The van der Waals surface area contributed by atoms with Gasteiger partial charge in [-0.3, -0.25) is 0 Å². The van der Waals surface area contributed by atoms with Crippen LogP contribution in [0.25, 0.3) is 0 Å². The summed E-state index contributed by atoms with van der Waals surface area (Å²) in [6.07, 6.45) is 17.2. The smallest absolute Gasteiger partial charge is 0.0959 e. The van der Waals surface area contributed by atoms with E-state index in [1.54, 1.807) is 11.1 Å². The fraction of sp³-hybridized carbons (Fsp3) is 0.833. The summed E-state index contributed by atoms with van der Waals surface area (Å²) in [4.78, 5) is 11.2. The Bertz CT molecular complexity index is 722. The van der Waals surface area contributed by atoms with Crippen molar-refractivity contribution in [2.75, 3.05) is 6.61 Å². The van der Waals surface area contributed by atoms with E-state index in [1.807, 2.05) is 0 Å². The van der Waals surface area contributed by atoms with Gasteiger partial charge in [-0.2, -0.15) is 4.91 Å². The molecule has 5 aliphatic carbocycles. The third-order valence-corrected chi connectivity index (χ3v) is 9.82. The minimum atomic E-state index is 0.0322. The standard InChI is InChI=1S/C24H33NO2/c1-23-10-7-19-18-6-5-17(25-26)13-16(18)14-20(15-3-4-15)22(19)21(23)8-11-24(23)9-2-12-27-24/h2,9,15,17,19-22H,3-8,10-14H2,1H3/t17?,19?,20?,21?,22?,23-,24-/m0/s1. The molecule has 3 fully saturated rings. The van der Waals surface area contributed by atoms with Gasteiger partial charge in [0.1, 0.15) is 0 Å². The Labute approximate surface area is 163 Å². The number of rotatable bonds is 2. The van der Waals surface area contributed by atoms with Gasteiger partial charge in [-0.25, -0.2) is 0 Å². The molecule has 0 amide bonds. The van der Waals surface area contributed by atoms with Crippen LogP contribution in [0.4, 0.5) is 0 Å². The van der Waals surface area contributed by atoms with Crippen LogP contribution < -0.4 is 0 Å². The summed E-state index contributed by atoms with van der Waals surface area (Å²) in [5.41, 5.74) is 3.80. The van der Waals surface area contributed by atoms with E-state index in [0.29, 0.717) is 5.41 Å². The Balaban J connectivity index is 1.39. The monoisotopic (exact) mass is 367 g/mol. The predicted molar refractivity (Wildman–Crippen MR) is 106 cm³/mol. The first-order valence-electron chi connectivity index (χ1n) is 11.5. The van der Waals surface area contributed by atoms with Crippen LogP contribution in [0.2, 0.25) is 0 Å². The molecular formula is C24H33NO2. The largest absolute Gasteiger partial charge is 0.366 e. The normalized spacial score (nSPS) is 51.2. The van der Waals surface area contributed by atoms with Crippen molar-refractivity contribution in [1.29, 1.82) is 0 Å². The molecule has 0 radical (unpaired) electrons. The minimum Gasteiger partial charge on any atom is -0.366 e. The highest BCUT2D eigenvalue weighted by atomic mass is 16.5.